The summed E-state index contributed by atoms with van der Waals surface area (Å²) >= 11 is 0. The predicted molar refractivity (Wildman–Crippen MR) is 86.2 cm³/mol. The second-order valence-corrected chi connectivity index (χ2v) is 5.49. The van der Waals surface area contributed by atoms with Crippen LogP contribution in [0.5, 0.6) is 11.5 Å². The Morgan fingerprint density at radius 3 is 2.48 bits per heavy atom. The number of benzene rings is 1. The van der Waals surface area contributed by atoms with Crippen LogP contribution in [0.2, 0.25) is 0 Å². The molecule has 1 N–H and O–H groups in total. The number of nitrogens with zero attached hydrogens (tertiary/aromatic N) is 1. The van der Waals surface area contributed by atoms with Crippen molar-refractivity contribution in [3.05, 3.63) is 23.8 Å². The van der Waals surface area contributed by atoms with E-state index in [1.807, 2.05) is 6.07 Å². The molecule has 1 saturated heterocycles. The minimum Gasteiger partial charge on any atom is -0.494 e. The Morgan fingerprint density at radius 2 is 1.76 bits per heavy atom. The van der Waals surface area contributed by atoms with Gasteiger partial charge in [0.05, 0.1) is 13.2 Å². The summed E-state index contributed by atoms with van der Waals surface area (Å²) in [6.07, 6.45) is 2.06. The smallest absolute Gasteiger partial charge is 0.124 e. The average molecular weight is 292 g/mol. The lowest BCUT2D eigenvalue weighted by atomic mass is 10.1. The quantitative estimate of drug-likeness (QED) is 0.799. The first-order valence-corrected chi connectivity index (χ1v) is 8.15. The van der Waals surface area contributed by atoms with Crippen LogP contribution in [-0.2, 0) is 6.54 Å². The number of ether oxygens (including phenoxy) is 2. The van der Waals surface area contributed by atoms with Crippen molar-refractivity contribution < 1.29 is 9.47 Å². The molecule has 118 valence electrons. The van der Waals surface area contributed by atoms with Crippen LogP contribution in [0.25, 0.3) is 0 Å². The minimum absolute atomic E-state index is 0.766. The Labute approximate surface area is 128 Å². The molecular weight excluding hydrogens is 264 g/mol. The van der Waals surface area contributed by atoms with Gasteiger partial charge in [-0.3, -0.25) is 4.90 Å². The topological polar surface area (TPSA) is 33.7 Å². The van der Waals surface area contributed by atoms with Gasteiger partial charge in [-0.1, -0.05) is 13.8 Å². The molecule has 2 rings (SSSR count). The van der Waals surface area contributed by atoms with Gasteiger partial charge in [0, 0.05) is 38.3 Å². The maximum Gasteiger partial charge on any atom is 0.124 e. The summed E-state index contributed by atoms with van der Waals surface area (Å²) in [6, 6.07) is 6.21. The van der Waals surface area contributed by atoms with Crippen molar-refractivity contribution in [1.82, 2.24) is 10.2 Å². The van der Waals surface area contributed by atoms with Crippen molar-refractivity contribution in [2.75, 3.05) is 39.4 Å². The van der Waals surface area contributed by atoms with E-state index in [1.54, 1.807) is 0 Å². The van der Waals surface area contributed by atoms with Crippen LogP contribution in [0.15, 0.2) is 18.2 Å². The van der Waals surface area contributed by atoms with Crippen molar-refractivity contribution in [3.8, 4) is 11.5 Å². The predicted octanol–water partition coefficient (Wildman–Crippen LogP) is 2.67. The van der Waals surface area contributed by atoms with Crippen LogP contribution in [0, 0.1) is 0 Å². The van der Waals surface area contributed by atoms with Gasteiger partial charge in [-0.2, -0.15) is 0 Å². The molecule has 0 amide bonds. The second-order valence-electron chi connectivity index (χ2n) is 5.49. The zero-order valence-corrected chi connectivity index (χ0v) is 13.4. The van der Waals surface area contributed by atoms with E-state index in [1.165, 1.54) is 5.56 Å². The van der Waals surface area contributed by atoms with E-state index in [0.29, 0.717) is 0 Å². The molecule has 1 aliphatic rings. The molecular formula is C17H28N2O2. The second kappa shape index (κ2) is 8.90. The standard InChI is InChI=1S/C17H28N2O2/c1-3-11-20-16-5-6-17(21-12-4-2)15(13-16)14-19-9-7-18-8-10-19/h5-6,13,18H,3-4,7-12,14H2,1-2H3. The lowest BCUT2D eigenvalue weighted by Gasteiger charge is -2.28. The third-order valence-corrected chi connectivity index (χ3v) is 3.57. The fourth-order valence-corrected chi connectivity index (χ4v) is 2.45. The van der Waals surface area contributed by atoms with Crippen LogP contribution in [0.3, 0.4) is 0 Å². The molecule has 4 heteroatoms. The Kier molecular flexibility index (Phi) is 6.83. The third kappa shape index (κ3) is 5.21. The fraction of sp³-hybridized carbons (Fsp3) is 0.647. The van der Waals surface area contributed by atoms with E-state index in [2.05, 4.69) is 36.2 Å². The molecule has 1 heterocycles. The molecule has 0 spiro atoms. The number of hydrogen-bond donors (Lipinski definition) is 1. The molecule has 4 nitrogen and oxygen atoms in total. The number of rotatable bonds is 8. The van der Waals surface area contributed by atoms with E-state index in [9.17, 15) is 0 Å². The van der Waals surface area contributed by atoms with Gasteiger partial charge in [0.15, 0.2) is 0 Å². The highest BCUT2D eigenvalue weighted by molar-refractivity contribution is 5.40. The first kappa shape index (κ1) is 16.1. The molecule has 0 aromatic heterocycles. The van der Waals surface area contributed by atoms with Crippen LogP contribution < -0.4 is 14.8 Å². The molecule has 0 bridgehead atoms. The van der Waals surface area contributed by atoms with Gasteiger partial charge in [-0.05, 0) is 31.0 Å². The van der Waals surface area contributed by atoms with Crippen LogP contribution in [0.4, 0.5) is 0 Å². The van der Waals surface area contributed by atoms with E-state index in [0.717, 1.165) is 70.3 Å². The summed E-state index contributed by atoms with van der Waals surface area (Å²) in [7, 11) is 0. The molecule has 1 aromatic rings. The average Bonchev–Trinajstić information content (AvgIpc) is 2.53. The Morgan fingerprint density at radius 1 is 1.05 bits per heavy atom. The maximum absolute atomic E-state index is 5.89. The third-order valence-electron chi connectivity index (χ3n) is 3.57. The molecule has 1 fully saturated rings. The molecule has 21 heavy (non-hydrogen) atoms. The van der Waals surface area contributed by atoms with Crippen LogP contribution in [0.1, 0.15) is 32.3 Å². The van der Waals surface area contributed by atoms with E-state index < -0.39 is 0 Å². The summed E-state index contributed by atoms with van der Waals surface area (Å²) in [5.74, 6) is 1.95. The Balaban J connectivity index is 2.07. The molecule has 1 aromatic carbocycles. The van der Waals surface area contributed by atoms with Gasteiger partial charge in [0.25, 0.3) is 0 Å². The molecule has 0 saturated carbocycles. The highest BCUT2D eigenvalue weighted by atomic mass is 16.5. The van der Waals surface area contributed by atoms with Crippen molar-refractivity contribution >= 4 is 0 Å². The van der Waals surface area contributed by atoms with Gasteiger partial charge in [0.1, 0.15) is 11.5 Å². The maximum atomic E-state index is 5.89. The van der Waals surface area contributed by atoms with Gasteiger partial charge in [0.2, 0.25) is 0 Å². The normalized spacial score (nSPS) is 15.9. The van der Waals surface area contributed by atoms with Crippen LogP contribution in [-0.4, -0.2) is 44.3 Å². The Hall–Kier alpha value is -1.26. The van der Waals surface area contributed by atoms with Crippen molar-refractivity contribution in [3.63, 3.8) is 0 Å². The number of hydrogen-bond acceptors (Lipinski definition) is 4. The largest absolute Gasteiger partial charge is 0.494 e. The van der Waals surface area contributed by atoms with Crippen molar-refractivity contribution in [2.45, 2.75) is 33.2 Å². The molecule has 1 aliphatic heterocycles. The lowest BCUT2D eigenvalue weighted by molar-refractivity contribution is 0.226. The monoisotopic (exact) mass is 292 g/mol. The van der Waals surface area contributed by atoms with Gasteiger partial charge in [-0.15, -0.1) is 0 Å². The SMILES string of the molecule is CCCOc1ccc(OCCC)c(CN2CCNCC2)c1. The first-order chi connectivity index (χ1) is 10.3. The summed E-state index contributed by atoms with van der Waals surface area (Å²) in [5, 5.41) is 3.39. The fourth-order valence-electron chi connectivity index (χ4n) is 2.45. The van der Waals surface area contributed by atoms with E-state index in [4.69, 9.17) is 9.47 Å². The van der Waals surface area contributed by atoms with Gasteiger partial charge < -0.3 is 14.8 Å². The summed E-state index contributed by atoms with van der Waals surface area (Å²) in [6.45, 7) is 11.0. The molecule has 0 unspecified atom stereocenters. The van der Waals surface area contributed by atoms with E-state index in [-0.39, 0.29) is 0 Å². The summed E-state index contributed by atoms with van der Waals surface area (Å²) < 4.78 is 11.6. The van der Waals surface area contributed by atoms with Crippen molar-refractivity contribution in [2.24, 2.45) is 0 Å². The minimum atomic E-state index is 0.766. The zero-order valence-electron chi connectivity index (χ0n) is 13.4. The number of nitrogens with one attached hydrogen (secondary N) is 1. The highest BCUT2D eigenvalue weighted by Gasteiger charge is 2.14. The summed E-state index contributed by atoms with van der Waals surface area (Å²) in [5.41, 5.74) is 1.24. The van der Waals surface area contributed by atoms with Gasteiger partial charge in [-0.25, -0.2) is 0 Å². The van der Waals surface area contributed by atoms with Crippen molar-refractivity contribution in [1.29, 1.82) is 0 Å². The van der Waals surface area contributed by atoms with Crippen LogP contribution >= 0.6 is 0 Å². The van der Waals surface area contributed by atoms with E-state index >= 15 is 0 Å². The lowest BCUT2D eigenvalue weighted by Crippen LogP contribution is -2.42. The highest BCUT2D eigenvalue weighted by Crippen LogP contribution is 2.26. The Bertz CT molecular complexity index is 417. The van der Waals surface area contributed by atoms with Gasteiger partial charge >= 0.3 is 0 Å². The molecule has 0 radical (unpaired) electrons. The zero-order chi connectivity index (χ0) is 14.9. The summed E-state index contributed by atoms with van der Waals surface area (Å²) in [4.78, 5) is 2.47. The first-order valence-electron chi connectivity index (χ1n) is 8.15. The molecule has 0 aliphatic carbocycles. The molecule has 0 atom stereocenters. The number of piperazine rings is 1.